The first kappa shape index (κ1) is 26.3. The Morgan fingerprint density at radius 2 is 1.95 bits per heavy atom. The molecule has 2 aromatic heterocycles. The summed E-state index contributed by atoms with van der Waals surface area (Å²) in [5.74, 6) is 0.785. The molecule has 1 N–H and O–H groups in total. The van der Waals surface area contributed by atoms with Crippen molar-refractivity contribution in [3.63, 3.8) is 0 Å². The van der Waals surface area contributed by atoms with Crippen LogP contribution in [0.15, 0.2) is 41.7 Å². The Morgan fingerprint density at radius 3 is 2.68 bits per heavy atom. The van der Waals surface area contributed by atoms with Crippen molar-refractivity contribution in [2.45, 2.75) is 69.6 Å². The SMILES string of the molecule is Cc1cncc2c1c(C[C@H]1CCN([C@@H](C)C3CCOCC3)C1)cn2-c1ccc(F)cc1S(=N)(=O)C(C)C. The quantitative estimate of drug-likeness (QED) is 0.412. The highest BCUT2D eigenvalue weighted by molar-refractivity contribution is 7.93. The van der Waals surface area contributed by atoms with Crippen LogP contribution < -0.4 is 0 Å². The maximum absolute atomic E-state index is 14.3. The number of nitrogens with zero attached hydrogens (tertiary/aromatic N) is 3. The zero-order valence-corrected chi connectivity index (χ0v) is 23.2. The summed E-state index contributed by atoms with van der Waals surface area (Å²) >= 11 is 0. The monoisotopic (exact) mass is 526 g/mol. The minimum absolute atomic E-state index is 0.241. The minimum Gasteiger partial charge on any atom is -0.381 e. The van der Waals surface area contributed by atoms with E-state index >= 15 is 0 Å². The number of ether oxygens (including phenoxy) is 1. The van der Waals surface area contributed by atoms with Crippen molar-refractivity contribution in [2.75, 3.05) is 26.3 Å². The van der Waals surface area contributed by atoms with Crippen LogP contribution in [0.4, 0.5) is 4.39 Å². The van der Waals surface area contributed by atoms with E-state index in [1.54, 1.807) is 19.9 Å². The van der Waals surface area contributed by atoms with Crippen LogP contribution in [0, 0.1) is 29.4 Å². The Labute approximate surface area is 220 Å². The van der Waals surface area contributed by atoms with E-state index in [0.717, 1.165) is 62.0 Å². The van der Waals surface area contributed by atoms with Gasteiger partial charge in [0.2, 0.25) is 0 Å². The van der Waals surface area contributed by atoms with E-state index in [2.05, 4.69) is 29.9 Å². The van der Waals surface area contributed by atoms with Crippen LogP contribution in [0.1, 0.15) is 51.2 Å². The van der Waals surface area contributed by atoms with E-state index in [1.807, 2.05) is 17.0 Å². The second-order valence-electron chi connectivity index (χ2n) is 11.2. The van der Waals surface area contributed by atoms with Gasteiger partial charge in [-0.1, -0.05) is 0 Å². The largest absolute Gasteiger partial charge is 0.381 e. The van der Waals surface area contributed by atoms with Crippen LogP contribution in [0.2, 0.25) is 0 Å². The molecule has 2 fully saturated rings. The van der Waals surface area contributed by atoms with E-state index in [4.69, 9.17) is 9.52 Å². The number of likely N-dealkylation sites (tertiary alicyclic amines) is 1. The van der Waals surface area contributed by atoms with Gasteiger partial charge in [-0.25, -0.2) is 13.4 Å². The third-order valence-electron chi connectivity index (χ3n) is 8.50. The molecule has 0 bridgehead atoms. The zero-order valence-electron chi connectivity index (χ0n) is 22.4. The van der Waals surface area contributed by atoms with Gasteiger partial charge in [-0.3, -0.25) is 4.98 Å². The van der Waals surface area contributed by atoms with E-state index in [0.29, 0.717) is 23.6 Å². The van der Waals surface area contributed by atoms with Gasteiger partial charge in [0.05, 0.1) is 32.0 Å². The molecule has 1 aromatic carbocycles. The normalized spacial score (nSPS) is 22.1. The fourth-order valence-corrected chi connectivity index (χ4v) is 7.46. The first-order valence-corrected chi connectivity index (χ1v) is 15.1. The molecule has 2 aliphatic rings. The minimum atomic E-state index is -3.19. The fourth-order valence-electron chi connectivity index (χ4n) is 6.19. The van der Waals surface area contributed by atoms with Crippen LogP contribution in [0.5, 0.6) is 0 Å². The van der Waals surface area contributed by atoms with Gasteiger partial charge in [-0.15, -0.1) is 0 Å². The summed E-state index contributed by atoms with van der Waals surface area (Å²) in [5, 5.41) is 0.721. The molecule has 8 heteroatoms. The lowest BCUT2D eigenvalue weighted by Crippen LogP contribution is -2.39. The Kier molecular flexibility index (Phi) is 7.44. The molecule has 37 heavy (non-hydrogen) atoms. The first-order chi connectivity index (χ1) is 17.7. The van der Waals surface area contributed by atoms with Crippen molar-refractivity contribution < 1.29 is 13.3 Å². The van der Waals surface area contributed by atoms with Crippen LogP contribution in [0.3, 0.4) is 0 Å². The summed E-state index contributed by atoms with van der Waals surface area (Å²) in [6.45, 7) is 11.9. The second kappa shape index (κ2) is 10.5. The molecular weight excluding hydrogens is 487 g/mol. The highest BCUT2D eigenvalue weighted by atomic mass is 32.2. The van der Waals surface area contributed by atoms with Gasteiger partial charge < -0.3 is 14.2 Å². The Morgan fingerprint density at radius 1 is 1.19 bits per heavy atom. The average molecular weight is 527 g/mol. The average Bonchev–Trinajstić information content (AvgIpc) is 3.50. The summed E-state index contributed by atoms with van der Waals surface area (Å²) in [6, 6.07) is 4.88. The molecule has 2 aliphatic heterocycles. The molecule has 0 amide bonds. The summed E-state index contributed by atoms with van der Waals surface area (Å²) in [4.78, 5) is 7.34. The van der Waals surface area contributed by atoms with Crippen molar-refractivity contribution >= 4 is 20.6 Å². The highest BCUT2D eigenvalue weighted by Gasteiger charge is 2.32. The summed E-state index contributed by atoms with van der Waals surface area (Å²) in [5.41, 5.74) is 3.83. The standard InChI is InChI=1S/C29H39FN4O2S/c1-19(2)37(31,35)28-14-25(30)5-6-26(28)34-18-24(29-20(3)15-32-16-27(29)34)13-22-7-10-33(17-22)21(4)23-8-11-36-12-9-23/h5-6,14-16,18-19,21-23,31H,7-13,17H2,1-4H3/t21-,22+,37?/m0/s1. The number of pyridine rings is 1. The van der Waals surface area contributed by atoms with Crippen molar-refractivity contribution in [1.29, 1.82) is 4.78 Å². The lowest BCUT2D eigenvalue weighted by Gasteiger charge is -2.34. The third kappa shape index (κ3) is 5.08. The smallest absolute Gasteiger partial charge is 0.124 e. The Balaban J connectivity index is 1.48. The van der Waals surface area contributed by atoms with Crippen LogP contribution >= 0.6 is 0 Å². The number of nitrogens with one attached hydrogen (secondary N) is 1. The van der Waals surface area contributed by atoms with Crippen molar-refractivity contribution in [3.05, 3.63) is 53.7 Å². The maximum Gasteiger partial charge on any atom is 0.124 e. The summed E-state index contributed by atoms with van der Waals surface area (Å²) < 4.78 is 43.9. The maximum atomic E-state index is 14.3. The molecule has 5 rings (SSSR count). The predicted molar refractivity (Wildman–Crippen MR) is 146 cm³/mol. The van der Waals surface area contributed by atoms with Crippen molar-refractivity contribution in [3.8, 4) is 5.69 Å². The van der Waals surface area contributed by atoms with E-state index in [1.165, 1.54) is 24.1 Å². The predicted octanol–water partition coefficient (Wildman–Crippen LogP) is 5.97. The number of fused-ring (bicyclic) bond motifs is 1. The van der Waals surface area contributed by atoms with Gasteiger partial charge in [0, 0.05) is 48.8 Å². The molecule has 2 saturated heterocycles. The summed E-state index contributed by atoms with van der Waals surface area (Å²) in [7, 11) is -3.19. The zero-order chi connectivity index (χ0) is 26.3. The first-order valence-electron chi connectivity index (χ1n) is 13.5. The summed E-state index contributed by atoms with van der Waals surface area (Å²) in [6.07, 6.45) is 10.2. The number of hydrogen-bond acceptors (Lipinski definition) is 5. The van der Waals surface area contributed by atoms with Crippen molar-refractivity contribution in [2.24, 2.45) is 11.8 Å². The lowest BCUT2D eigenvalue weighted by atomic mass is 9.92. The molecule has 3 aromatic rings. The van der Waals surface area contributed by atoms with E-state index in [9.17, 15) is 8.60 Å². The number of rotatable bonds is 7. The van der Waals surface area contributed by atoms with Crippen LogP contribution in [-0.2, 0) is 20.9 Å². The third-order valence-corrected chi connectivity index (χ3v) is 10.8. The molecule has 0 spiro atoms. The topological polar surface area (TPSA) is 71.2 Å². The second-order valence-corrected chi connectivity index (χ2v) is 13.8. The number of benzene rings is 1. The molecule has 6 nitrogen and oxygen atoms in total. The number of aryl methyl sites for hydroxylation is 1. The van der Waals surface area contributed by atoms with E-state index < -0.39 is 20.8 Å². The van der Waals surface area contributed by atoms with Gasteiger partial charge >= 0.3 is 0 Å². The molecular formula is C29H39FN4O2S. The number of halogens is 1. The molecule has 1 unspecified atom stereocenters. The van der Waals surface area contributed by atoms with Crippen LogP contribution in [-0.4, -0.2) is 56.3 Å². The van der Waals surface area contributed by atoms with Crippen LogP contribution in [0.25, 0.3) is 16.6 Å². The molecule has 0 saturated carbocycles. The molecule has 0 radical (unpaired) electrons. The van der Waals surface area contributed by atoms with Gasteiger partial charge in [-0.05, 0) is 101 Å². The molecule has 3 atom stereocenters. The van der Waals surface area contributed by atoms with Gasteiger partial charge in [-0.2, -0.15) is 0 Å². The Bertz CT molecular complexity index is 1380. The Hall–Kier alpha value is -2.29. The van der Waals surface area contributed by atoms with Crippen molar-refractivity contribution in [1.82, 2.24) is 14.5 Å². The molecule has 4 heterocycles. The molecule has 200 valence electrons. The number of aromatic nitrogens is 2. The fraction of sp³-hybridized carbons (Fsp3) is 0.552. The van der Waals surface area contributed by atoms with Gasteiger partial charge in [0.15, 0.2) is 0 Å². The van der Waals surface area contributed by atoms with Gasteiger partial charge in [0.1, 0.15) is 5.82 Å². The molecule has 0 aliphatic carbocycles. The highest BCUT2D eigenvalue weighted by Crippen LogP contribution is 2.35. The number of hydrogen-bond donors (Lipinski definition) is 1. The van der Waals surface area contributed by atoms with Gasteiger partial charge in [0.25, 0.3) is 0 Å². The van der Waals surface area contributed by atoms with E-state index in [-0.39, 0.29) is 4.90 Å². The lowest BCUT2D eigenvalue weighted by molar-refractivity contribution is 0.0348.